The first-order chi connectivity index (χ1) is 19.7. The zero-order valence-electron chi connectivity index (χ0n) is 27.0. The average Bonchev–Trinajstić information content (AvgIpc) is 3.72. The topological polar surface area (TPSA) is 66.4 Å². The minimum Gasteiger partial charge on any atom is -0.394 e. The molecule has 0 aromatic heterocycles. The van der Waals surface area contributed by atoms with E-state index in [-0.39, 0.29) is 18.3 Å². The Labute approximate surface area is 270 Å². The van der Waals surface area contributed by atoms with E-state index in [1.165, 1.54) is 52.4 Å². The molecule has 1 aliphatic rings. The molecule has 1 aliphatic carbocycles. The summed E-state index contributed by atoms with van der Waals surface area (Å²) in [4.78, 5) is 22.6. The second-order valence-electron chi connectivity index (χ2n) is 11.7. The number of carbonyl (C=O) groups excluding carboxylic acids is 2. The van der Waals surface area contributed by atoms with Gasteiger partial charge in [-0.15, -0.1) is 0 Å². The Hall–Kier alpha value is -1.59. The van der Waals surface area contributed by atoms with Crippen LogP contribution in [0.4, 0.5) is 0 Å². The van der Waals surface area contributed by atoms with Crippen molar-refractivity contribution in [3.63, 3.8) is 0 Å². The van der Waals surface area contributed by atoms with E-state index >= 15 is 0 Å². The van der Waals surface area contributed by atoms with E-state index in [1.54, 1.807) is 36.4 Å². The number of amides is 1. The standard InChI is InChI=1S/C20H22Cl3NO2.C8H18.C4H8.C3H6O/c1-3-10-20(2,14-6-9-16(22)17(23)11-14)19(26)24-18(12-25)13-4-7-15(21)8-5-13;1-4-6-8(3)7-5-2;1-4-2-3-4;1-3(2)4/h4-9,11,18,25H,3,10,12H2,1-2H3,(H,24,26);8H,4-7H2,1-3H3;4H,2-3H2,1H3;1-2H3/t18-,20?;;;/m0.../s1. The first kappa shape index (κ1) is 40.4. The molecule has 2 atom stereocenters. The van der Waals surface area contributed by atoms with Gasteiger partial charge in [0.1, 0.15) is 5.78 Å². The van der Waals surface area contributed by atoms with Crippen LogP contribution in [0, 0.1) is 11.8 Å². The highest BCUT2D eigenvalue weighted by Gasteiger charge is 2.36. The third kappa shape index (κ3) is 16.9. The van der Waals surface area contributed by atoms with Crippen LogP contribution in [0.15, 0.2) is 42.5 Å². The van der Waals surface area contributed by atoms with Gasteiger partial charge >= 0.3 is 0 Å². The minimum atomic E-state index is -0.789. The van der Waals surface area contributed by atoms with Crippen molar-refractivity contribution in [3.8, 4) is 0 Å². The zero-order valence-corrected chi connectivity index (χ0v) is 29.3. The molecular formula is C35H54Cl3NO3. The monoisotopic (exact) mass is 641 g/mol. The van der Waals surface area contributed by atoms with Gasteiger partial charge in [0.25, 0.3) is 0 Å². The molecule has 0 saturated heterocycles. The number of rotatable bonds is 11. The Morgan fingerprint density at radius 2 is 1.43 bits per heavy atom. The number of halogens is 3. The number of nitrogens with one attached hydrogen (secondary N) is 1. The second-order valence-corrected chi connectivity index (χ2v) is 13.0. The van der Waals surface area contributed by atoms with Crippen LogP contribution in [-0.2, 0) is 15.0 Å². The maximum atomic E-state index is 13.1. The molecule has 2 N–H and O–H groups in total. The quantitative estimate of drug-likeness (QED) is 0.256. The fourth-order valence-corrected chi connectivity index (χ4v) is 4.70. The smallest absolute Gasteiger partial charge is 0.230 e. The van der Waals surface area contributed by atoms with E-state index in [0.717, 1.165) is 29.4 Å². The Morgan fingerprint density at radius 3 is 1.81 bits per heavy atom. The summed E-state index contributed by atoms with van der Waals surface area (Å²) >= 11 is 18.1. The number of aliphatic hydroxyl groups excluding tert-OH is 1. The first-order valence-electron chi connectivity index (χ1n) is 15.3. The number of benzene rings is 2. The number of Topliss-reactive ketones (excluding diaryl/α,β-unsaturated/α-hetero) is 1. The molecule has 0 aliphatic heterocycles. The minimum absolute atomic E-state index is 0.167. The molecule has 0 bridgehead atoms. The van der Waals surface area contributed by atoms with E-state index in [2.05, 4.69) is 33.0 Å². The fourth-order valence-electron chi connectivity index (χ4n) is 4.27. The van der Waals surface area contributed by atoms with E-state index in [4.69, 9.17) is 34.8 Å². The molecule has 1 saturated carbocycles. The summed E-state index contributed by atoms with van der Waals surface area (Å²) in [6.45, 7) is 15.9. The summed E-state index contributed by atoms with van der Waals surface area (Å²) in [5.41, 5.74) is 0.792. The van der Waals surface area contributed by atoms with Crippen molar-refractivity contribution in [2.24, 2.45) is 11.8 Å². The third-order valence-electron chi connectivity index (χ3n) is 7.00. The van der Waals surface area contributed by atoms with Crippen LogP contribution >= 0.6 is 34.8 Å². The normalized spacial score (nSPS) is 14.1. The molecule has 42 heavy (non-hydrogen) atoms. The summed E-state index contributed by atoms with van der Waals surface area (Å²) in [6.07, 6.45) is 9.94. The summed E-state index contributed by atoms with van der Waals surface area (Å²) in [6, 6.07) is 11.8. The van der Waals surface area contributed by atoms with Gasteiger partial charge in [-0.25, -0.2) is 0 Å². The highest BCUT2D eigenvalue weighted by atomic mass is 35.5. The number of carbonyl (C=O) groups is 2. The maximum Gasteiger partial charge on any atom is 0.230 e. The molecule has 1 fully saturated rings. The molecule has 7 heteroatoms. The van der Waals surface area contributed by atoms with E-state index < -0.39 is 11.5 Å². The van der Waals surface area contributed by atoms with Crippen molar-refractivity contribution >= 4 is 46.5 Å². The summed E-state index contributed by atoms with van der Waals surface area (Å²) < 4.78 is 0. The molecule has 0 heterocycles. The van der Waals surface area contributed by atoms with Crippen molar-refractivity contribution in [2.45, 2.75) is 118 Å². The Balaban J connectivity index is 0.000000852. The molecule has 3 rings (SSSR count). The van der Waals surface area contributed by atoms with Crippen molar-refractivity contribution in [1.82, 2.24) is 5.32 Å². The van der Waals surface area contributed by atoms with Gasteiger partial charge in [-0.1, -0.05) is 133 Å². The Morgan fingerprint density at radius 1 is 0.929 bits per heavy atom. The molecule has 0 radical (unpaired) electrons. The largest absolute Gasteiger partial charge is 0.394 e. The lowest BCUT2D eigenvalue weighted by atomic mass is 9.77. The van der Waals surface area contributed by atoms with Gasteiger partial charge in [-0.2, -0.15) is 0 Å². The average molecular weight is 643 g/mol. The maximum absolute atomic E-state index is 13.1. The van der Waals surface area contributed by atoms with Crippen LogP contribution in [0.2, 0.25) is 15.1 Å². The van der Waals surface area contributed by atoms with Crippen LogP contribution < -0.4 is 5.32 Å². The van der Waals surface area contributed by atoms with Crippen molar-refractivity contribution in [1.29, 1.82) is 0 Å². The van der Waals surface area contributed by atoms with Gasteiger partial charge < -0.3 is 15.2 Å². The van der Waals surface area contributed by atoms with Crippen LogP contribution in [0.1, 0.15) is 124 Å². The van der Waals surface area contributed by atoms with E-state index in [9.17, 15) is 14.7 Å². The summed E-state index contributed by atoms with van der Waals surface area (Å²) in [5, 5.41) is 14.2. The molecule has 1 amide bonds. The number of ketones is 1. The second kappa shape index (κ2) is 22.0. The van der Waals surface area contributed by atoms with Gasteiger partial charge in [0.05, 0.1) is 28.1 Å². The van der Waals surface area contributed by atoms with Crippen LogP contribution in [-0.4, -0.2) is 23.4 Å². The SMILES string of the molecule is CC(C)=O.CC1CC1.CCCC(C)(C(=O)N[C@@H](CO)c1ccc(Cl)cc1)c1ccc(Cl)c(Cl)c1.CCCC(C)CCC. The Kier molecular flexibility index (Phi) is 21.2. The summed E-state index contributed by atoms with van der Waals surface area (Å²) in [7, 11) is 0. The van der Waals surface area contributed by atoms with Gasteiger partial charge in [0.2, 0.25) is 5.91 Å². The lowest BCUT2D eigenvalue weighted by molar-refractivity contribution is -0.127. The third-order valence-corrected chi connectivity index (χ3v) is 7.99. The molecule has 0 spiro atoms. The predicted molar refractivity (Wildman–Crippen MR) is 182 cm³/mol. The zero-order chi connectivity index (χ0) is 32.3. The van der Waals surface area contributed by atoms with E-state index in [1.807, 2.05) is 19.9 Å². The van der Waals surface area contributed by atoms with Crippen LogP contribution in [0.25, 0.3) is 0 Å². The highest BCUT2D eigenvalue weighted by molar-refractivity contribution is 6.42. The first-order valence-corrected chi connectivity index (χ1v) is 16.5. The summed E-state index contributed by atoms with van der Waals surface area (Å²) in [5.74, 6) is 2.04. The van der Waals surface area contributed by atoms with Crippen molar-refractivity contribution in [2.75, 3.05) is 6.61 Å². The lowest BCUT2D eigenvalue weighted by Gasteiger charge is -2.31. The van der Waals surface area contributed by atoms with Gasteiger partial charge in [0.15, 0.2) is 0 Å². The van der Waals surface area contributed by atoms with Gasteiger partial charge in [0, 0.05) is 5.02 Å². The van der Waals surface area contributed by atoms with Crippen molar-refractivity contribution in [3.05, 3.63) is 68.7 Å². The predicted octanol–water partition coefficient (Wildman–Crippen LogP) is 10.8. The fraction of sp³-hybridized carbons (Fsp3) is 0.600. The van der Waals surface area contributed by atoms with Gasteiger partial charge in [-0.3, -0.25) is 4.79 Å². The number of aliphatic hydroxyl groups is 1. The molecule has 2 aromatic rings. The molecule has 1 unspecified atom stereocenters. The van der Waals surface area contributed by atoms with Crippen LogP contribution in [0.3, 0.4) is 0 Å². The number of hydrogen-bond acceptors (Lipinski definition) is 3. The lowest BCUT2D eigenvalue weighted by Crippen LogP contribution is -2.44. The van der Waals surface area contributed by atoms with Crippen LogP contribution in [0.5, 0.6) is 0 Å². The molecule has 2 aromatic carbocycles. The highest BCUT2D eigenvalue weighted by Crippen LogP contribution is 2.34. The molecule has 238 valence electrons. The Bertz CT molecular complexity index is 1030. The number of hydrogen-bond donors (Lipinski definition) is 2. The van der Waals surface area contributed by atoms with E-state index in [0.29, 0.717) is 21.5 Å². The molecule has 4 nitrogen and oxygen atoms in total. The van der Waals surface area contributed by atoms with Gasteiger partial charge in [-0.05, 0) is 74.4 Å². The molecular weight excluding hydrogens is 589 g/mol. The van der Waals surface area contributed by atoms with Crippen molar-refractivity contribution < 1.29 is 14.7 Å².